The average molecular weight is 269 g/mol. The van der Waals surface area contributed by atoms with Crippen LogP contribution in [0, 0.1) is 0 Å². The van der Waals surface area contributed by atoms with Crippen molar-refractivity contribution in [1.29, 1.82) is 0 Å². The van der Waals surface area contributed by atoms with E-state index in [2.05, 4.69) is 10.3 Å². The van der Waals surface area contributed by atoms with Crippen molar-refractivity contribution in [3.63, 3.8) is 0 Å². The predicted molar refractivity (Wildman–Crippen MR) is 70.6 cm³/mol. The summed E-state index contributed by atoms with van der Waals surface area (Å²) in [5.41, 5.74) is 5.88. The van der Waals surface area contributed by atoms with Gasteiger partial charge in [0.05, 0.1) is 17.2 Å². The van der Waals surface area contributed by atoms with E-state index in [-0.39, 0.29) is 11.9 Å². The summed E-state index contributed by atoms with van der Waals surface area (Å²) in [4.78, 5) is 16.2. The quantitative estimate of drug-likeness (QED) is 0.750. The lowest BCUT2D eigenvalue weighted by molar-refractivity contribution is 0.0714. The monoisotopic (exact) mass is 269 g/mol. The van der Waals surface area contributed by atoms with Crippen molar-refractivity contribution in [2.75, 3.05) is 6.54 Å². The molecule has 1 heterocycles. The number of nitrogens with one attached hydrogen (secondary N) is 1. The molecule has 1 aliphatic rings. The Bertz CT molecular complexity index is 408. The molecule has 1 aromatic heterocycles. The highest BCUT2D eigenvalue weighted by molar-refractivity contribution is 7.09. The molecule has 1 fully saturated rings. The van der Waals surface area contributed by atoms with Gasteiger partial charge in [-0.25, -0.2) is 4.98 Å². The molecule has 1 saturated carbocycles. The Kier molecular flexibility index (Phi) is 4.68. The topological polar surface area (TPSA) is 88.2 Å². The van der Waals surface area contributed by atoms with E-state index in [0.717, 1.165) is 30.7 Å². The van der Waals surface area contributed by atoms with Crippen LogP contribution in [0.2, 0.25) is 0 Å². The molecule has 0 saturated heterocycles. The molecule has 1 aliphatic carbocycles. The van der Waals surface area contributed by atoms with Crippen LogP contribution in [0.1, 0.15) is 41.2 Å². The van der Waals surface area contributed by atoms with Crippen LogP contribution in [0.4, 0.5) is 0 Å². The van der Waals surface area contributed by atoms with Crippen molar-refractivity contribution >= 4 is 17.2 Å². The van der Waals surface area contributed by atoms with Crippen LogP contribution in [0.15, 0.2) is 5.38 Å². The van der Waals surface area contributed by atoms with E-state index in [4.69, 9.17) is 5.73 Å². The van der Waals surface area contributed by atoms with Gasteiger partial charge in [-0.05, 0) is 19.4 Å². The molecule has 5 nitrogen and oxygen atoms in total. The van der Waals surface area contributed by atoms with Gasteiger partial charge >= 0.3 is 0 Å². The second-order valence-electron chi connectivity index (χ2n) is 4.60. The van der Waals surface area contributed by atoms with E-state index in [9.17, 15) is 9.90 Å². The van der Waals surface area contributed by atoms with Gasteiger partial charge in [-0.15, -0.1) is 11.3 Å². The number of thiazole rings is 1. The summed E-state index contributed by atoms with van der Waals surface area (Å²) in [5, 5.41) is 15.3. The maximum absolute atomic E-state index is 12.0. The van der Waals surface area contributed by atoms with E-state index in [0.29, 0.717) is 18.7 Å². The van der Waals surface area contributed by atoms with E-state index >= 15 is 0 Å². The molecule has 0 aliphatic heterocycles. The molecule has 4 N–H and O–H groups in total. The van der Waals surface area contributed by atoms with Crippen LogP contribution in [-0.4, -0.2) is 34.7 Å². The minimum Gasteiger partial charge on any atom is -0.391 e. The van der Waals surface area contributed by atoms with Gasteiger partial charge in [0.1, 0.15) is 5.69 Å². The number of aliphatic hydroxyl groups is 1. The number of amides is 1. The average Bonchev–Trinajstić information content (AvgIpc) is 2.81. The van der Waals surface area contributed by atoms with Gasteiger partial charge in [-0.3, -0.25) is 4.79 Å². The second-order valence-corrected chi connectivity index (χ2v) is 5.54. The SMILES string of the molecule is NCCc1nc(C(=O)N[C@@H]2CCCC[C@H]2O)cs1. The first-order valence-electron chi connectivity index (χ1n) is 6.34. The van der Waals surface area contributed by atoms with Crippen LogP contribution in [-0.2, 0) is 6.42 Å². The number of carbonyl (C=O) groups is 1. The zero-order chi connectivity index (χ0) is 13.0. The van der Waals surface area contributed by atoms with E-state index in [1.807, 2.05) is 0 Å². The maximum Gasteiger partial charge on any atom is 0.271 e. The van der Waals surface area contributed by atoms with Crippen LogP contribution < -0.4 is 11.1 Å². The molecule has 0 aromatic carbocycles. The lowest BCUT2D eigenvalue weighted by Gasteiger charge is -2.27. The largest absolute Gasteiger partial charge is 0.391 e. The fourth-order valence-corrected chi connectivity index (χ4v) is 2.97. The van der Waals surface area contributed by atoms with Crippen molar-refractivity contribution in [2.24, 2.45) is 5.73 Å². The molecule has 1 aromatic rings. The summed E-state index contributed by atoms with van der Waals surface area (Å²) < 4.78 is 0. The predicted octanol–water partition coefficient (Wildman–Crippen LogP) is 0.678. The highest BCUT2D eigenvalue weighted by atomic mass is 32.1. The highest BCUT2D eigenvalue weighted by Crippen LogP contribution is 2.19. The molecule has 100 valence electrons. The molecular weight excluding hydrogens is 250 g/mol. The van der Waals surface area contributed by atoms with E-state index < -0.39 is 6.10 Å². The molecule has 0 bridgehead atoms. The fourth-order valence-electron chi connectivity index (χ4n) is 2.18. The Morgan fingerprint density at radius 2 is 2.33 bits per heavy atom. The Morgan fingerprint density at radius 1 is 1.56 bits per heavy atom. The lowest BCUT2D eigenvalue weighted by atomic mass is 9.92. The normalized spacial score (nSPS) is 23.9. The van der Waals surface area contributed by atoms with Gasteiger partial charge in [0, 0.05) is 11.8 Å². The van der Waals surface area contributed by atoms with Crippen LogP contribution in [0.5, 0.6) is 0 Å². The first-order chi connectivity index (χ1) is 8.70. The number of nitrogens with zero attached hydrogens (tertiary/aromatic N) is 1. The first-order valence-corrected chi connectivity index (χ1v) is 7.22. The Hall–Kier alpha value is -0.980. The van der Waals surface area contributed by atoms with Crippen LogP contribution >= 0.6 is 11.3 Å². The van der Waals surface area contributed by atoms with Crippen molar-refractivity contribution in [3.05, 3.63) is 16.1 Å². The van der Waals surface area contributed by atoms with Gasteiger partial charge in [0.15, 0.2) is 0 Å². The van der Waals surface area contributed by atoms with Gasteiger partial charge < -0.3 is 16.2 Å². The standard InChI is InChI=1S/C12H19N3O2S/c13-6-5-11-14-9(7-18-11)12(17)15-8-3-1-2-4-10(8)16/h7-8,10,16H,1-6,13H2,(H,15,17)/t8-,10-/m1/s1. The number of aromatic nitrogens is 1. The summed E-state index contributed by atoms with van der Waals surface area (Å²) in [5.74, 6) is -0.194. The van der Waals surface area contributed by atoms with Crippen molar-refractivity contribution in [1.82, 2.24) is 10.3 Å². The lowest BCUT2D eigenvalue weighted by Crippen LogP contribution is -2.45. The third kappa shape index (κ3) is 3.28. The zero-order valence-corrected chi connectivity index (χ0v) is 11.1. The molecule has 18 heavy (non-hydrogen) atoms. The summed E-state index contributed by atoms with van der Waals surface area (Å²) in [6.45, 7) is 0.538. The third-order valence-corrected chi connectivity index (χ3v) is 4.10. The molecule has 6 heteroatoms. The summed E-state index contributed by atoms with van der Waals surface area (Å²) >= 11 is 1.45. The van der Waals surface area contributed by atoms with Gasteiger partial charge in [0.25, 0.3) is 5.91 Å². The number of nitrogens with two attached hydrogens (primary N) is 1. The van der Waals surface area contributed by atoms with E-state index in [1.165, 1.54) is 11.3 Å². The Morgan fingerprint density at radius 3 is 3.06 bits per heavy atom. The summed E-state index contributed by atoms with van der Waals surface area (Å²) in [7, 11) is 0. The molecule has 1 amide bonds. The number of rotatable bonds is 4. The minimum absolute atomic E-state index is 0.133. The number of hydrogen-bond donors (Lipinski definition) is 3. The summed E-state index contributed by atoms with van der Waals surface area (Å²) in [6.07, 6.45) is 3.96. The highest BCUT2D eigenvalue weighted by Gasteiger charge is 2.25. The fraction of sp³-hybridized carbons (Fsp3) is 0.667. The molecule has 2 rings (SSSR count). The molecular formula is C12H19N3O2S. The van der Waals surface area contributed by atoms with E-state index in [1.54, 1.807) is 5.38 Å². The van der Waals surface area contributed by atoms with Crippen LogP contribution in [0.3, 0.4) is 0 Å². The first kappa shape index (κ1) is 13.5. The van der Waals surface area contributed by atoms with Crippen molar-refractivity contribution in [2.45, 2.75) is 44.2 Å². The Labute approximate surface area is 110 Å². The maximum atomic E-state index is 12.0. The van der Waals surface area contributed by atoms with Gasteiger partial charge in [0.2, 0.25) is 0 Å². The molecule has 0 unspecified atom stereocenters. The van der Waals surface area contributed by atoms with Crippen molar-refractivity contribution in [3.8, 4) is 0 Å². The molecule has 2 atom stereocenters. The number of aliphatic hydroxyl groups excluding tert-OH is 1. The number of carbonyl (C=O) groups excluding carboxylic acids is 1. The number of hydrogen-bond acceptors (Lipinski definition) is 5. The molecule has 0 spiro atoms. The smallest absolute Gasteiger partial charge is 0.271 e. The molecule has 0 radical (unpaired) electrons. The van der Waals surface area contributed by atoms with Crippen LogP contribution in [0.25, 0.3) is 0 Å². The van der Waals surface area contributed by atoms with Gasteiger partial charge in [-0.2, -0.15) is 0 Å². The third-order valence-electron chi connectivity index (χ3n) is 3.19. The minimum atomic E-state index is -0.426. The van der Waals surface area contributed by atoms with Gasteiger partial charge in [-0.1, -0.05) is 12.8 Å². The van der Waals surface area contributed by atoms with Crippen molar-refractivity contribution < 1.29 is 9.90 Å². The summed E-state index contributed by atoms with van der Waals surface area (Å²) in [6, 6.07) is -0.133. The zero-order valence-electron chi connectivity index (χ0n) is 10.3. The Balaban J connectivity index is 1.93. The second kappa shape index (κ2) is 6.26.